The molecular formula is C12H16BrN. The molecule has 0 saturated carbocycles. The van der Waals surface area contributed by atoms with Crippen molar-refractivity contribution in [1.29, 1.82) is 0 Å². The average Bonchev–Trinajstić information content (AvgIpc) is 2.15. The minimum atomic E-state index is 0.349. The number of rotatable bonds is 4. The van der Waals surface area contributed by atoms with E-state index in [2.05, 4.69) is 52.9 Å². The predicted octanol–water partition coefficient (Wildman–Crippen LogP) is 3.68. The van der Waals surface area contributed by atoms with Gasteiger partial charge in [0.15, 0.2) is 0 Å². The lowest BCUT2D eigenvalue weighted by Crippen LogP contribution is -2.20. The third kappa shape index (κ3) is 3.28. The van der Waals surface area contributed by atoms with E-state index in [4.69, 9.17) is 0 Å². The van der Waals surface area contributed by atoms with E-state index in [1.165, 1.54) is 5.56 Å². The van der Waals surface area contributed by atoms with Crippen molar-refractivity contribution in [2.24, 2.45) is 0 Å². The average molecular weight is 254 g/mol. The topological polar surface area (TPSA) is 12.0 Å². The number of benzene rings is 1. The summed E-state index contributed by atoms with van der Waals surface area (Å²) < 4.78 is 1.15. The van der Waals surface area contributed by atoms with Crippen LogP contribution in [-0.4, -0.2) is 6.54 Å². The second kappa shape index (κ2) is 5.32. The maximum absolute atomic E-state index is 3.87. The summed E-state index contributed by atoms with van der Waals surface area (Å²) in [5.41, 5.74) is 2.44. The first-order chi connectivity index (χ1) is 6.61. The fourth-order valence-electron chi connectivity index (χ4n) is 1.26. The molecular weight excluding hydrogens is 238 g/mol. The number of nitrogens with one attached hydrogen (secondary N) is 1. The molecule has 0 aliphatic carbocycles. The largest absolute Gasteiger partial charge is 0.306 e. The molecule has 1 N–H and O–H groups in total. The van der Waals surface area contributed by atoms with Gasteiger partial charge in [-0.05, 0) is 25.5 Å². The van der Waals surface area contributed by atoms with E-state index in [9.17, 15) is 0 Å². The maximum Gasteiger partial charge on any atom is 0.0305 e. The highest BCUT2D eigenvalue weighted by molar-refractivity contribution is 9.10. The van der Waals surface area contributed by atoms with Gasteiger partial charge in [-0.2, -0.15) is 0 Å². The Kier molecular flexibility index (Phi) is 4.36. The lowest BCUT2D eigenvalue weighted by Gasteiger charge is -2.15. The first-order valence-electron chi connectivity index (χ1n) is 4.73. The minimum Gasteiger partial charge on any atom is -0.306 e. The summed E-state index contributed by atoms with van der Waals surface area (Å²) in [6.07, 6.45) is 0. The van der Waals surface area contributed by atoms with Crippen LogP contribution in [0.15, 0.2) is 40.9 Å². The summed E-state index contributed by atoms with van der Waals surface area (Å²) in [5, 5.41) is 3.41. The second-order valence-corrected chi connectivity index (χ2v) is 4.44. The molecule has 76 valence electrons. The van der Waals surface area contributed by atoms with Crippen LogP contribution in [0.2, 0.25) is 0 Å². The van der Waals surface area contributed by atoms with Crippen molar-refractivity contribution in [3.63, 3.8) is 0 Å². The summed E-state index contributed by atoms with van der Waals surface area (Å²) in [4.78, 5) is 0. The molecule has 1 atom stereocenters. The van der Waals surface area contributed by atoms with Gasteiger partial charge in [-0.1, -0.05) is 46.3 Å². The van der Waals surface area contributed by atoms with Crippen molar-refractivity contribution in [2.75, 3.05) is 6.54 Å². The van der Waals surface area contributed by atoms with Crippen molar-refractivity contribution in [3.8, 4) is 0 Å². The van der Waals surface area contributed by atoms with Crippen molar-refractivity contribution in [1.82, 2.24) is 5.32 Å². The van der Waals surface area contributed by atoms with Crippen LogP contribution in [0.25, 0.3) is 0 Å². The molecule has 0 aromatic heterocycles. The molecule has 14 heavy (non-hydrogen) atoms. The monoisotopic (exact) mass is 253 g/mol. The molecule has 1 rings (SSSR count). The van der Waals surface area contributed by atoms with E-state index in [-0.39, 0.29) is 0 Å². The van der Waals surface area contributed by atoms with Crippen molar-refractivity contribution in [3.05, 3.63) is 46.5 Å². The Bertz CT molecular complexity index is 320. The van der Waals surface area contributed by atoms with Crippen LogP contribution in [0.5, 0.6) is 0 Å². The van der Waals surface area contributed by atoms with Gasteiger partial charge in [0.1, 0.15) is 0 Å². The van der Waals surface area contributed by atoms with Crippen LogP contribution in [0.1, 0.15) is 25.5 Å². The number of hydrogen-bond donors (Lipinski definition) is 1. The van der Waals surface area contributed by atoms with Gasteiger partial charge in [-0.15, -0.1) is 0 Å². The molecule has 0 aliphatic heterocycles. The van der Waals surface area contributed by atoms with Crippen LogP contribution in [-0.2, 0) is 0 Å². The van der Waals surface area contributed by atoms with Gasteiger partial charge in [0.2, 0.25) is 0 Å². The fourth-order valence-corrected chi connectivity index (χ4v) is 1.89. The molecule has 0 bridgehead atoms. The minimum absolute atomic E-state index is 0.349. The third-order valence-electron chi connectivity index (χ3n) is 2.08. The Hall–Kier alpha value is -0.600. The molecule has 1 aromatic rings. The fraction of sp³-hybridized carbons (Fsp3) is 0.333. The summed E-state index contributed by atoms with van der Waals surface area (Å²) in [5.74, 6) is 0. The Morgan fingerprint density at radius 2 is 2.14 bits per heavy atom. The van der Waals surface area contributed by atoms with Gasteiger partial charge in [0.25, 0.3) is 0 Å². The van der Waals surface area contributed by atoms with Crippen LogP contribution < -0.4 is 5.32 Å². The van der Waals surface area contributed by atoms with Crippen molar-refractivity contribution < 1.29 is 0 Å². The molecule has 0 saturated heterocycles. The lowest BCUT2D eigenvalue weighted by atomic mass is 10.1. The molecule has 1 unspecified atom stereocenters. The second-order valence-electron chi connectivity index (χ2n) is 3.58. The molecule has 0 heterocycles. The van der Waals surface area contributed by atoms with Crippen LogP contribution in [0.4, 0.5) is 0 Å². The zero-order chi connectivity index (χ0) is 10.6. The summed E-state index contributed by atoms with van der Waals surface area (Å²) in [6, 6.07) is 8.62. The predicted molar refractivity (Wildman–Crippen MR) is 65.4 cm³/mol. The Morgan fingerprint density at radius 3 is 2.71 bits per heavy atom. The molecule has 0 aliphatic rings. The van der Waals surface area contributed by atoms with Crippen molar-refractivity contribution >= 4 is 15.9 Å². The van der Waals surface area contributed by atoms with E-state index >= 15 is 0 Å². The highest BCUT2D eigenvalue weighted by Crippen LogP contribution is 2.22. The molecule has 0 spiro atoms. The molecule has 1 aromatic carbocycles. The molecule has 0 radical (unpaired) electrons. The number of halogens is 1. The zero-order valence-corrected chi connectivity index (χ0v) is 10.3. The Morgan fingerprint density at radius 1 is 1.50 bits per heavy atom. The number of hydrogen-bond acceptors (Lipinski definition) is 1. The lowest BCUT2D eigenvalue weighted by molar-refractivity contribution is 0.605. The van der Waals surface area contributed by atoms with Gasteiger partial charge in [-0.3, -0.25) is 0 Å². The quantitative estimate of drug-likeness (QED) is 0.808. The van der Waals surface area contributed by atoms with Crippen molar-refractivity contribution in [2.45, 2.75) is 19.9 Å². The van der Waals surface area contributed by atoms with Gasteiger partial charge >= 0.3 is 0 Å². The highest BCUT2D eigenvalue weighted by Gasteiger charge is 2.06. The Labute approximate surface area is 94.3 Å². The van der Waals surface area contributed by atoms with E-state index in [1.54, 1.807) is 0 Å². The molecule has 0 amide bonds. The summed E-state index contributed by atoms with van der Waals surface area (Å²) >= 11 is 3.54. The first kappa shape index (κ1) is 11.5. The SMILES string of the molecule is C=C(C)CNC(C)c1ccccc1Br. The Balaban J connectivity index is 2.65. The van der Waals surface area contributed by atoms with E-state index in [0.717, 1.165) is 16.6 Å². The summed E-state index contributed by atoms with van der Waals surface area (Å²) in [6.45, 7) is 8.92. The summed E-state index contributed by atoms with van der Waals surface area (Å²) in [7, 11) is 0. The van der Waals surface area contributed by atoms with Gasteiger partial charge < -0.3 is 5.32 Å². The highest BCUT2D eigenvalue weighted by atomic mass is 79.9. The first-order valence-corrected chi connectivity index (χ1v) is 5.52. The van der Waals surface area contributed by atoms with Gasteiger partial charge in [-0.25, -0.2) is 0 Å². The smallest absolute Gasteiger partial charge is 0.0305 e. The van der Waals surface area contributed by atoms with Crippen LogP contribution in [0, 0.1) is 0 Å². The normalized spacial score (nSPS) is 12.5. The molecule has 2 heteroatoms. The maximum atomic E-state index is 3.87. The van der Waals surface area contributed by atoms with Gasteiger partial charge in [0.05, 0.1) is 0 Å². The van der Waals surface area contributed by atoms with Crippen LogP contribution in [0.3, 0.4) is 0 Å². The van der Waals surface area contributed by atoms with Crippen LogP contribution >= 0.6 is 15.9 Å². The third-order valence-corrected chi connectivity index (χ3v) is 2.80. The van der Waals surface area contributed by atoms with Gasteiger partial charge in [0, 0.05) is 17.1 Å². The zero-order valence-electron chi connectivity index (χ0n) is 8.68. The van der Waals surface area contributed by atoms with E-state index < -0.39 is 0 Å². The molecule has 1 nitrogen and oxygen atoms in total. The standard InChI is InChI=1S/C12H16BrN/c1-9(2)8-14-10(3)11-6-4-5-7-12(11)13/h4-7,10,14H,1,8H2,2-3H3. The van der Waals surface area contributed by atoms with E-state index in [0.29, 0.717) is 6.04 Å². The van der Waals surface area contributed by atoms with E-state index in [1.807, 2.05) is 13.0 Å². The molecule has 0 fully saturated rings.